The number of amides is 1. The first-order valence-electron chi connectivity index (χ1n) is 12.3. The number of aliphatic hydroxyl groups is 2. The Balaban J connectivity index is 0.00000507. The van der Waals surface area contributed by atoms with Gasteiger partial charge in [-0.3, -0.25) is 4.79 Å². The van der Waals surface area contributed by atoms with Crippen LogP contribution in [0, 0.1) is 0 Å². The van der Waals surface area contributed by atoms with Gasteiger partial charge in [0.1, 0.15) is 17.3 Å². The van der Waals surface area contributed by atoms with Gasteiger partial charge >= 0.3 is 29.6 Å². The van der Waals surface area contributed by atoms with Crippen LogP contribution in [0.5, 0.6) is 5.75 Å². The summed E-state index contributed by atoms with van der Waals surface area (Å²) in [7, 11) is 1.58. The Morgan fingerprint density at radius 3 is 2.29 bits per heavy atom. The second-order valence-electron chi connectivity index (χ2n) is 9.28. The average Bonchev–Trinajstić information content (AvgIpc) is 3.26. The van der Waals surface area contributed by atoms with Gasteiger partial charge in [-0.1, -0.05) is 44.2 Å². The van der Waals surface area contributed by atoms with Crippen LogP contribution >= 0.6 is 0 Å². The van der Waals surface area contributed by atoms with Crippen molar-refractivity contribution in [1.29, 1.82) is 0 Å². The summed E-state index contributed by atoms with van der Waals surface area (Å²) in [4.78, 5) is 28.8. The molecule has 0 saturated carbocycles. The van der Waals surface area contributed by atoms with E-state index in [1.54, 1.807) is 7.11 Å². The molecule has 3 rings (SSSR count). The molecule has 10 heteroatoms. The number of carbonyl (C=O) groups excluding carboxylic acids is 2. The molecule has 38 heavy (non-hydrogen) atoms. The molecule has 2 atom stereocenters. The number of rotatable bonds is 13. The Morgan fingerprint density at radius 1 is 1.05 bits per heavy atom. The fourth-order valence-corrected chi connectivity index (χ4v) is 4.25. The number of aromatic nitrogens is 2. The van der Waals surface area contributed by atoms with Gasteiger partial charge in [-0.05, 0) is 48.6 Å². The molecule has 0 bridgehead atoms. The number of carbonyl (C=O) groups is 2. The summed E-state index contributed by atoms with van der Waals surface area (Å²) >= 11 is 0. The molecule has 0 saturated heterocycles. The number of benzene rings is 2. The van der Waals surface area contributed by atoms with Crippen LogP contribution in [0.25, 0.3) is 11.4 Å². The molecular weight excluding hydrogens is 497 g/mol. The first-order chi connectivity index (χ1) is 17.7. The van der Waals surface area contributed by atoms with E-state index < -0.39 is 24.6 Å². The topological polar surface area (TPSA) is 137 Å². The SMILES string of the molecule is COc1ccc(-c2nc(C(=O)NCc3ccccc3)c(C(C)C)n2CC[C@@H](O)C[C@@H](O)CC(=O)[O-])cc1.[Na+]. The minimum Gasteiger partial charge on any atom is -0.550 e. The summed E-state index contributed by atoms with van der Waals surface area (Å²) < 4.78 is 7.18. The molecule has 9 nitrogen and oxygen atoms in total. The normalized spacial score (nSPS) is 12.5. The first kappa shape index (κ1) is 31.5. The molecule has 2 aromatic carbocycles. The van der Waals surface area contributed by atoms with E-state index >= 15 is 0 Å². The Morgan fingerprint density at radius 2 is 1.71 bits per heavy atom. The smallest absolute Gasteiger partial charge is 0.550 e. The molecule has 3 aromatic rings. The van der Waals surface area contributed by atoms with Crippen LogP contribution in [0.15, 0.2) is 54.6 Å². The third-order valence-corrected chi connectivity index (χ3v) is 6.05. The van der Waals surface area contributed by atoms with E-state index in [4.69, 9.17) is 9.72 Å². The maximum Gasteiger partial charge on any atom is 1.00 e. The fourth-order valence-electron chi connectivity index (χ4n) is 4.25. The Hall–Kier alpha value is -2.69. The zero-order chi connectivity index (χ0) is 26.9. The zero-order valence-corrected chi connectivity index (χ0v) is 24.4. The van der Waals surface area contributed by atoms with E-state index in [1.165, 1.54) is 0 Å². The predicted molar refractivity (Wildman–Crippen MR) is 137 cm³/mol. The standard InChI is InChI=1S/C28H35N3O6.Na/c1-18(2)26-25(28(36)29-17-19-7-5-4-6-8-19)30-27(20-9-11-23(37-3)12-10-20)31(26)14-13-21(32)15-22(33)16-24(34)35;/h4-12,18,21-22,32-33H,13-17H2,1-3H3,(H,29,36)(H,34,35);/q;+1/p-1/t21-,22-;/m1./s1. The molecule has 1 amide bonds. The molecule has 0 spiro atoms. The Kier molecular flexibility index (Phi) is 12.5. The maximum atomic E-state index is 13.3. The Labute approximate surface area is 245 Å². The van der Waals surface area contributed by atoms with E-state index in [0.717, 1.165) is 16.8 Å². The van der Waals surface area contributed by atoms with Crippen molar-refractivity contribution in [1.82, 2.24) is 14.9 Å². The number of aliphatic carboxylic acids is 1. The molecule has 1 aromatic heterocycles. The van der Waals surface area contributed by atoms with Crippen molar-refractivity contribution >= 4 is 11.9 Å². The summed E-state index contributed by atoms with van der Waals surface area (Å²) in [6.45, 7) is 4.61. The number of hydrogen-bond donors (Lipinski definition) is 3. The summed E-state index contributed by atoms with van der Waals surface area (Å²) in [6, 6.07) is 16.9. The fraction of sp³-hybridized carbons (Fsp3) is 0.393. The van der Waals surface area contributed by atoms with Gasteiger partial charge in [0.25, 0.3) is 5.91 Å². The third-order valence-electron chi connectivity index (χ3n) is 6.05. The van der Waals surface area contributed by atoms with Gasteiger partial charge in [-0.25, -0.2) is 4.98 Å². The maximum absolute atomic E-state index is 13.3. The monoisotopic (exact) mass is 531 g/mol. The third kappa shape index (κ3) is 8.68. The van der Waals surface area contributed by atoms with Crippen molar-refractivity contribution in [3.63, 3.8) is 0 Å². The number of ether oxygens (including phenoxy) is 1. The minimum absolute atomic E-state index is 0. The zero-order valence-electron chi connectivity index (χ0n) is 22.4. The molecule has 0 aliphatic rings. The number of carboxylic acids is 1. The van der Waals surface area contributed by atoms with E-state index in [-0.39, 0.29) is 54.2 Å². The number of aliphatic hydroxyl groups excluding tert-OH is 2. The van der Waals surface area contributed by atoms with Crippen LogP contribution in [-0.2, 0) is 17.9 Å². The first-order valence-corrected chi connectivity index (χ1v) is 12.3. The van der Waals surface area contributed by atoms with E-state index in [2.05, 4.69) is 5.32 Å². The van der Waals surface area contributed by atoms with Gasteiger partial charge in [0.2, 0.25) is 0 Å². The molecule has 0 radical (unpaired) electrons. The molecule has 198 valence electrons. The van der Waals surface area contributed by atoms with Crippen molar-refractivity contribution in [3.05, 3.63) is 71.5 Å². The number of methoxy groups -OCH3 is 1. The van der Waals surface area contributed by atoms with Gasteiger partial charge in [0, 0.05) is 31.0 Å². The van der Waals surface area contributed by atoms with Gasteiger partial charge in [-0.2, -0.15) is 0 Å². The van der Waals surface area contributed by atoms with Gasteiger partial charge in [0.15, 0.2) is 0 Å². The Bertz CT molecular complexity index is 1180. The van der Waals surface area contributed by atoms with E-state index in [9.17, 15) is 24.9 Å². The largest absolute Gasteiger partial charge is 1.00 e. The quantitative estimate of drug-likeness (QED) is 0.247. The molecule has 0 unspecified atom stereocenters. The van der Waals surface area contributed by atoms with E-state index in [0.29, 0.717) is 30.4 Å². The summed E-state index contributed by atoms with van der Waals surface area (Å²) in [5, 5.41) is 34.0. The van der Waals surface area contributed by atoms with Gasteiger partial charge in [0.05, 0.1) is 25.0 Å². The second-order valence-corrected chi connectivity index (χ2v) is 9.28. The molecule has 3 N–H and O–H groups in total. The van der Waals surface area contributed by atoms with Crippen LogP contribution in [0.4, 0.5) is 0 Å². The van der Waals surface area contributed by atoms with Crippen LogP contribution in [0.2, 0.25) is 0 Å². The summed E-state index contributed by atoms with van der Waals surface area (Å²) in [5.41, 5.74) is 2.77. The predicted octanol–water partition coefficient (Wildman–Crippen LogP) is -0.742. The van der Waals surface area contributed by atoms with Crippen LogP contribution in [-0.4, -0.2) is 51.0 Å². The number of nitrogens with one attached hydrogen (secondary N) is 1. The van der Waals surface area contributed by atoms with Crippen LogP contribution in [0.1, 0.15) is 60.8 Å². The molecule has 0 fully saturated rings. The second kappa shape index (κ2) is 15.0. The number of nitrogens with zero attached hydrogens (tertiary/aromatic N) is 2. The van der Waals surface area contributed by atoms with Crippen LogP contribution < -0.4 is 44.7 Å². The van der Waals surface area contributed by atoms with Crippen molar-refractivity contribution in [2.24, 2.45) is 0 Å². The van der Waals surface area contributed by atoms with Crippen molar-refractivity contribution in [2.75, 3.05) is 7.11 Å². The molecule has 1 heterocycles. The van der Waals surface area contributed by atoms with Gasteiger partial charge < -0.3 is 34.7 Å². The van der Waals surface area contributed by atoms with Crippen LogP contribution in [0.3, 0.4) is 0 Å². The number of imidazole rings is 1. The summed E-state index contributed by atoms with van der Waals surface area (Å²) in [6.07, 6.45) is -2.55. The molecular formula is C28H34N3NaO6. The minimum atomic E-state index is -1.37. The number of carboxylic acid groups (broad SMARTS) is 1. The molecule has 0 aliphatic heterocycles. The molecule has 0 aliphatic carbocycles. The van der Waals surface area contributed by atoms with E-state index in [1.807, 2.05) is 73.0 Å². The average molecular weight is 532 g/mol. The summed E-state index contributed by atoms with van der Waals surface area (Å²) in [5.74, 6) is -0.476. The van der Waals surface area contributed by atoms with Crippen molar-refractivity contribution < 1.29 is 59.2 Å². The van der Waals surface area contributed by atoms with Gasteiger partial charge in [-0.15, -0.1) is 0 Å². The van der Waals surface area contributed by atoms with Crippen molar-refractivity contribution in [2.45, 2.75) is 64.3 Å². The number of hydrogen-bond acceptors (Lipinski definition) is 7. The van der Waals surface area contributed by atoms with Crippen molar-refractivity contribution in [3.8, 4) is 17.1 Å².